The lowest BCUT2D eigenvalue weighted by atomic mass is 9.93. The molecule has 1 aliphatic heterocycles. The molecule has 0 radical (unpaired) electrons. The van der Waals surface area contributed by atoms with E-state index in [0.29, 0.717) is 10.0 Å². The molecule has 0 unspecified atom stereocenters. The molecule has 10 heteroatoms. The second-order valence-corrected chi connectivity index (χ2v) is 8.27. The molecule has 1 aromatic rings. The lowest BCUT2D eigenvalue weighted by molar-refractivity contribution is -0.140. The van der Waals surface area contributed by atoms with Crippen molar-refractivity contribution in [1.82, 2.24) is 15.1 Å². The minimum absolute atomic E-state index is 0.0172. The molecule has 30 heavy (non-hydrogen) atoms. The third-order valence-electron chi connectivity index (χ3n) is 5.33. The number of benzene rings is 1. The molecular formula is C20H23BrFN3O5. The zero-order chi connectivity index (χ0) is 21.8. The molecule has 0 saturated heterocycles. The third-order valence-corrected chi connectivity index (χ3v) is 6.11. The van der Waals surface area contributed by atoms with Gasteiger partial charge >= 0.3 is 5.97 Å². The Morgan fingerprint density at radius 2 is 1.93 bits per heavy atom. The summed E-state index contributed by atoms with van der Waals surface area (Å²) in [5.74, 6) is -3.86. The Kier molecular flexibility index (Phi) is 6.96. The molecule has 0 aromatic heterocycles. The van der Waals surface area contributed by atoms with Gasteiger partial charge in [-0.25, -0.2) is 4.39 Å². The number of hydrogen-bond donors (Lipinski definition) is 3. The maximum absolute atomic E-state index is 13.7. The van der Waals surface area contributed by atoms with Crippen LogP contribution in [0.3, 0.4) is 0 Å². The summed E-state index contributed by atoms with van der Waals surface area (Å²) in [5.41, 5.74) is 0.0132. The molecule has 0 bridgehead atoms. The molecule has 8 nitrogen and oxygen atoms in total. The Morgan fingerprint density at radius 1 is 1.23 bits per heavy atom. The van der Waals surface area contributed by atoms with Crippen LogP contribution in [0.15, 0.2) is 34.1 Å². The van der Waals surface area contributed by atoms with E-state index in [2.05, 4.69) is 21.2 Å². The van der Waals surface area contributed by atoms with Crippen LogP contribution < -0.4 is 5.32 Å². The van der Waals surface area contributed by atoms with Crippen LogP contribution in [0.2, 0.25) is 0 Å². The number of halogens is 2. The summed E-state index contributed by atoms with van der Waals surface area (Å²) in [5, 5.41) is 21.7. The number of carbonyl (C=O) groups excluding carboxylic acids is 2. The largest absolute Gasteiger partial charge is 0.494 e. The van der Waals surface area contributed by atoms with E-state index in [1.807, 2.05) is 0 Å². The smallest absolute Gasteiger partial charge is 0.322 e. The van der Waals surface area contributed by atoms with Crippen molar-refractivity contribution in [2.45, 2.75) is 44.7 Å². The second kappa shape index (κ2) is 9.46. The van der Waals surface area contributed by atoms with E-state index in [1.165, 1.54) is 23.1 Å². The van der Waals surface area contributed by atoms with Crippen molar-refractivity contribution in [3.8, 4) is 0 Å². The number of aliphatic carboxylic acids is 1. The molecule has 3 N–H and O–H groups in total. The molecule has 1 fully saturated rings. The molecule has 2 aliphatic rings. The average Bonchev–Trinajstić information content (AvgIpc) is 2.71. The summed E-state index contributed by atoms with van der Waals surface area (Å²) in [7, 11) is 0. The van der Waals surface area contributed by atoms with E-state index < -0.39 is 41.6 Å². The van der Waals surface area contributed by atoms with Crippen LogP contribution >= 0.6 is 15.9 Å². The summed E-state index contributed by atoms with van der Waals surface area (Å²) in [6.45, 7) is -0.612. The molecule has 3 rings (SSSR count). The molecular weight excluding hydrogens is 461 g/mol. The normalized spacial score (nSPS) is 18.0. The van der Waals surface area contributed by atoms with Gasteiger partial charge in [-0.15, -0.1) is 0 Å². The van der Waals surface area contributed by atoms with Gasteiger partial charge in [0.05, 0.1) is 6.67 Å². The number of nitrogens with zero attached hydrogens (tertiary/aromatic N) is 2. The number of nitrogens with one attached hydrogen (secondary N) is 1. The van der Waals surface area contributed by atoms with Gasteiger partial charge in [-0.1, -0.05) is 35.2 Å². The predicted molar refractivity (Wildman–Crippen MR) is 109 cm³/mol. The molecule has 0 spiro atoms. The minimum Gasteiger partial charge on any atom is -0.494 e. The topological polar surface area (TPSA) is 110 Å². The highest BCUT2D eigenvalue weighted by molar-refractivity contribution is 9.10. The number of amides is 2. The van der Waals surface area contributed by atoms with Crippen molar-refractivity contribution in [2.24, 2.45) is 0 Å². The first kappa shape index (κ1) is 22.1. The number of carbonyl (C=O) groups is 3. The number of rotatable bonds is 6. The lowest BCUT2D eigenvalue weighted by Crippen LogP contribution is -2.53. The first-order valence-electron chi connectivity index (χ1n) is 9.71. The first-order valence-corrected chi connectivity index (χ1v) is 10.5. The number of carboxylic acid groups (broad SMARTS) is 1. The number of hydrogen-bond acceptors (Lipinski definition) is 5. The average molecular weight is 484 g/mol. The minimum atomic E-state index is -1.27. The van der Waals surface area contributed by atoms with Gasteiger partial charge in [0.15, 0.2) is 5.57 Å². The maximum atomic E-state index is 13.7. The fourth-order valence-electron chi connectivity index (χ4n) is 3.83. The molecule has 1 aromatic carbocycles. The van der Waals surface area contributed by atoms with Crippen molar-refractivity contribution in [3.63, 3.8) is 0 Å². The van der Waals surface area contributed by atoms with Crippen LogP contribution in [0.4, 0.5) is 4.39 Å². The van der Waals surface area contributed by atoms with E-state index in [0.717, 1.165) is 32.1 Å². The third kappa shape index (κ3) is 4.92. The SMILES string of the molecule is O=C(O)CNC(=O)C1=C(O)N(C2CCCCC2)CN(Cc2cc(F)ccc2Br)C1=O. The highest BCUT2D eigenvalue weighted by Crippen LogP contribution is 2.30. The fraction of sp³-hybridized carbons (Fsp3) is 0.450. The van der Waals surface area contributed by atoms with Gasteiger partial charge in [-0.05, 0) is 36.6 Å². The van der Waals surface area contributed by atoms with Crippen molar-refractivity contribution in [2.75, 3.05) is 13.2 Å². The van der Waals surface area contributed by atoms with Gasteiger partial charge in [-0.2, -0.15) is 0 Å². The Balaban J connectivity index is 1.92. The lowest BCUT2D eigenvalue weighted by Gasteiger charge is -2.42. The van der Waals surface area contributed by atoms with Gasteiger partial charge in [0, 0.05) is 17.1 Å². The Labute approximate surface area is 181 Å². The van der Waals surface area contributed by atoms with Crippen LogP contribution in [0.25, 0.3) is 0 Å². The monoisotopic (exact) mass is 483 g/mol. The highest BCUT2D eigenvalue weighted by atomic mass is 79.9. The van der Waals surface area contributed by atoms with E-state index in [-0.39, 0.29) is 19.3 Å². The van der Waals surface area contributed by atoms with Crippen LogP contribution in [-0.2, 0) is 20.9 Å². The van der Waals surface area contributed by atoms with Gasteiger partial charge in [0.25, 0.3) is 11.8 Å². The molecule has 1 heterocycles. The number of carboxylic acids is 1. The van der Waals surface area contributed by atoms with Gasteiger partial charge in [0.2, 0.25) is 5.88 Å². The van der Waals surface area contributed by atoms with Crippen molar-refractivity contribution in [1.29, 1.82) is 0 Å². The summed E-state index contributed by atoms with van der Waals surface area (Å²) in [4.78, 5) is 39.3. The van der Waals surface area contributed by atoms with Crippen LogP contribution in [0.5, 0.6) is 0 Å². The fourth-order valence-corrected chi connectivity index (χ4v) is 4.20. The quantitative estimate of drug-likeness (QED) is 0.536. The zero-order valence-electron chi connectivity index (χ0n) is 16.2. The zero-order valence-corrected chi connectivity index (χ0v) is 17.8. The Morgan fingerprint density at radius 3 is 2.60 bits per heavy atom. The predicted octanol–water partition coefficient (Wildman–Crippen LogP) is 2.49. The summed E-state index contributed by atoms with van der Waals surface area (Å²) >= 11 is 3.34. The van der Waals surface area contributed by atoms with Crippen LogP contribution in [0.1, 0.15) is 37.7 Å². The summed E-state index contributed by atoms with van der Waals surface area (Å²) < 4.78 is 14.3. The molecule has 0 atom stereocenters. The van der Waals surface area contributed by atoms with Gasteiger partial charge in [-0.3, -0.25) is 14.4 Å². The second-order valence-electron chi connectivity index (χ2n) is 7.42. The Hall–Kier alpha value is -2.62. The first-order chi connectivity index (χ1) is 14.3. The van der Waals surface area contributed by atoms with Crippen molar-refractivity contribution >= 4 is 33.7 Å². The molecule has 1 aliphatic carbocycles. The van der Waals surface area contributed by atoms with E-state index in [9.17, 15) is 23.9 Å². The number of aliphatic hydroxyl groups excluding tert-OH is 1. The maximum Gasteiger partial charge on any atom is 0.322 e. The van der Waals surface area contributed by atoms with Gasteiger partial charge < -0.3 is 25.3 Å². The molecule has 162 valence electrons. The molecule has 2 amide bonds. The van der Waals surface area contributed by atoms with Crippen LogP contribution in [0, 0.1) is 5.82 Å². The summed E-state index contributed by atoms with van der Waals surface area (Å²) in [6, 6.07) is 4.07. The number of aliphatic hydroxyl groups is 1. The van der Waals surface area contributed by atoms with Gasteiger partial charge in [0.1, 0.15) is 12.4 Å². The van der Waals surface area contributed by atoms with E-state index in [1.54, 1.807) is 4.90 Å². The summed E-state index contributed by atoms with van der Waals surface area (Å²) in [6.07, 6.45) is 4.63. The standard InChI is InChI=1S/C20H23BrFN3O5/c21-15-7-6-13(22)8-12(15)10-24-11-25(14-4-2-1-3-5-14)20(30)17(19(24)29)18(28)23-9-16(26)27/h6-8,14,30H,1-5,9-11H2,(H,23,28)(H,26,27). The Bertz CT molecular complexity index is 885. The van der Waals surface area contributed by atoms with Crippen molar-refractivity contribution in [3.05, 3.63) is 45.5 Å². The highest BCUT2D eigenvalue weighted by Gasteiger charge is 2.39. The molecule has 1 saturated carbocycles. The van der Waals surface area contributed by atoms with E-state index >= 15 is 0 Å². The van der Waals surface area contributed by atoms with E-state index in [4.69, 9.17) is 5.11 Å². The van der Waals surface area contributed by atoms with Crippen LogP contribution in [-0.4, -0.2) is 57.1 Å². The van der Waals surface area contributed by atoms with Crippen molar-refractivity contribution < 1.29 is 29.0 Å².